The Morgan fingerprint density at radius 2 is 2.25 bits per heavy atom. The van der Waals surface area contributed by atoms with Crippen molar-refractivity contribution in [3.05, 3.63) is 47.6 Å². The van der Waals surface area contributed by atoms with E-state index in [-0.39, 0.29) is 5.82 Å². The maximum Gasteiger partial charge on any atom is 0.131 e. The summed E-state index contributed by atoms with van der Waals surface area (Å²) in [6.07, 6.45) is 0. The van der Waals surface area contributed by atoms with Gasteiger partial charge in [0.05, 0.1) is 0 Å². The lowest BCUT2D eigenvalue weighted by Crippen LogP contribution is -1.78. The van der Waals surface area contributed by atoms with Gasteiger partial charge in [-0.1, -0.05) is 12.1 Å². The van der Waals surface area contributed by atoms with E-state index in [9.17, 15) is 4.39 Å². The van der Waals surface area contributed by atoms with Gasteiger partial charge < -0.3 is 0 Å². The third-order valence-corrected chi connectivity index (χ3v) is 2.50. The molecule has 0 N–H and O–H groups in total. The maximum atomic E-state index is 13.1. The van der Waals surface area contributed by atoms with Gasteiger partial charge in [-0.3, -0.25) is 0 Å². The van der Waals surface area contributed by atoms with Crippen molar-refractivity contribution in [3.8, 4) is 10.4 Å². The average Bonchev–Trinajstić information content (AvgIpc) is 2.57. The van der Waals surface area contributed by atoms with Crippen molar-refractivity contribution in [1.29, 1.82) is 0 Å². The van der Waals surface area contributed by atoms with Crippen LogP contribution in [0.25, 0.3) is 10.4 Å². The van der Waals surface area contributed by atoms with Crippen molar-refractivity contribution < 1.29 is 4.39 Å². The zero-order valence-corrected chi connectivity index (χ0v) is 7.07. The van der Waals surface area contributed by atoms with Gasteiger partial charge in [0.1, 0.15) is 5.82 Å². The fourth-order valence-corrected chi connectivity index (χ4v) is 1.78. The summed E-state index contributed by atoms with van der Waals surface area (Å²) in [6, 6.07) is 11.3. The SMILES string of the molecule is Fc1cc[c]cc1-c1cccs1. The lowest BCUT2D eigenvalue weighted by Gasteiger charge is -1.96. The van der Waals surface area contributed by atoms with Crippen LogP contribution in [0.15, 0.2) is 35.7 Å². The van der Waals surface area contributed by atoms with Crippen LogP contribution in [0.4, 0.5) is 4.39 Å². The summed E-state index contributed by atoms with van der Waals surface area (Å²) in [5, 5.41) is 1.93. The molecule has 0 unspecified atom stereocenters. The maximum absolute atomic E-state index is 13.1. The highest BCUT2D eigenvalue weighted by Crippen LogP contribution is 2.26. The number of thiophene rings is 1. The van der Waals surface area contributed by atoms with Gasteiger partial charge in [0.15, 0.2) is 0 Å². The zero-order valence-electron chi connectivity index (χ0n) is 6.25. The van der Waals surface area contributed by atoms with Gasteiger partial charge in [-0.2, -0.15) is 0 Å². The lowest BCUT2D eigenvalue weighted by molar-refractivity contribution is 0.631. The molecule has 0 nitrogen and oxygen atoms in total. The quantitative estimate of drug-likeness (QED) is 0.626. The molecule has 0 aliphatic heterocycles. The van der Waals surface area contributed by atoms with E-state index in [1.807, 2.05) is 17.5 Å². The summed E-state index contributed by atoms with van der Waals surface area (Å²) >= 11 is 1.53. The van der Waals surface area contributed by atoms with Gasteiger partial charge in [0.2, 0.25) is 0 Å². The van der Waals surface area contributed by atoms with Crippen molar-refractivity contribution in [2.24, 2.45) is 0 Å². The molecule has 1 heterocycles. The highest BCUT2D eigenvalue weighted by molar-refractivity contribution is 7.13. The molecule has 1 aromatic carbocycles. The van der Waals surface area contributed by atoms with Crippen molar-refractivity contribution in [1.82, 2.24) is 0 Å². The molecule has 0 amide bonds. The van der Waals surface area contributed by atoms with Crippen LogP contribution in [0.1, 0.15) is 0 Å². The Kier molecular flexibility index (Phi) is 1.92. The molecule has 0 fully saturated rings. The molecule has 0 atom stereocenters. The summed E-state index contributed by atoms with van der Waals surface area (Å²) in [4.78, 5) is 0.948. The smallest absolute Gasteiger partial charge is 0.131 e. The summed E-state index contributed by atoms with van der Waals surface area (Å²) < 4.78 is 13.1. The first-order valence-electron chi connectivity index (χ1n) is 3.57. The zero-order chi connectivity index (χ0) is 8.39. The first-order valence-corrected chi connectivity index (χ1v) is 4.45. The molecule has 0 bridgehead atoms. The molecule has 0 aliphatic carbocycles. The molecule has 0 aliphatic rings. The average molecular weight is 177 g/mol. The third-order valence-electron chi connectivity index (χ3n) is 1.60. The van der Waals surface area contributed by atoms with Gasteiger partial charge in [-0.25, -0.2) is 4.39 Å². The summed E-state index contributed by atoms with van der Waals surface area (Å²) in [5.41, 5.74) is 0.632. The monoisotopic (exact) mass is 177 g/mol. The molecule has 1 aromatic heterocycles. The lowest BCUT2D eigenvalue weighted by atomic mass is 10.2. The summed E-state index contributed by atoms with van der Waals surface area (Å²) in [7, 11) is 0. The Bertz CT molecular complexity index is 365. The molecule has 59 valence electrons. The summed E-state index contributed by atoms with van der Waals surface area (Å²) in [5.74, 6) is -0.184. The Hall–Kier alpha value is -1.15. The van der Waals surface area contributed by atoms with Gasteiger partial charge >= 0.3 is 0 Å². The highest BCUT2D eigenvalue weighted by Gasteiger charge is 2.03. The molecule has 2 heteroatoms. The number of rotatable bonds is 1. The predicted octanol–water partition coefficient (Wildman–Crippen LogP) is 3.35. The Morgan fingerprint density at radius 1 is 1.33 bits per heavy atom. The van der Waals surface area contributed by atoms with Crippen LogP contribution in [-0.4, -0.2) is 0 Å². The second-order valence-electron chi connectivity index (χ2n) is 2.38. The molecule has 2 aromatic rings. The molecule has 0 saturated heterocycles. The molecule has 2 rings (SSSR count). The second-order valence-corrected chi connectivity index (χ2v) is 3.33. The highest BCUT2D eigenvalue weighted by atomic mass is 32.1. The normalized spacial score (nSPS) is 10.1. The van der Waals surface area contributed by atoms with E-state index >= 15 is 0 Å². The van der Waals surface area contributed by atoms with Crippen LogP contribution < -0.4 is 0 Å². The molecule has 0 spiro atoms. The number of benzene rings is 1. The van der Waals surface area contributed by atoms with Gasteiger partial charge in [0.25, 0.3) is 0 Å². The molecule has 1 radical (unpaired) electrons. The van der Waals surface area contributed by atoms with Crippen LogP contribution in [0.2, 0.25) is 0 Å². The molecule has 0 saturated carbocycles. The Labute approximate surface area is 74.3 Å². The van der Waals surface area contributed by atoms with Gasteiger partial charge in [-0.05, 0) is 29.6 Å². The largest absolute Gasteiger partial charge is 0.206 e. The molecular formula is C10H6FS. The first kappa shape index (κ1) is 7.50. The minimum atomic E-state index is -0.184. The van der Waals surface area contributed by atoms with Crippen LogP contribution in [0.3, 0.4) is 0 Å². The fourth-order valence-electron chi connectivity index (χ4n) is 1.03. The van der Waals surface area contributed by atoms with E-state index in [0.717, 1.165) is 4.88 Å². The predicted molar refractivity (Wildman–Crippen MR) is 48.5 cm³/mol. The van der Waals surface area contributed by atoms with Crippen LogP contribution in [-0.2, 0) is 0 Å². The van der Waals surface area contributed by atoms with Crippen molar-refractivity contribution in [2.75, 3.05) is 0 Å². The topological polar surface area (TPSA) is 0 Å². The molecule has 12 heavy (non-hydrogen) atoms. The van der Waals surface area contributed by atoms with E-state index in [1.165, 1.54) is 17.4 Å². The second kappa shape index (κ2) is 3.07. The van der Waals surface area contributed by atoms with Crippen LogP contribution in [0, 0.1) is 11.9 Å². The van der Waals surface area contributed by atoms with Crippen molar-refractivity contribution in [3.63, 3.8) is 0 Å². The van der Waals surface area contributed by atoms with E-state index in [2.05, 4.69) is 6.07 Å². The summed E-state index contributed by atoms with van der Waals surface area (Å²) in [6.45, 7) is 0. The van der Waals surface area contributed by atoms with E-state index in [1.54, 1.807) is 12.1 Å². The van der Waals surface area contributed by atoms with E-state index in [0.29, 0.717) is 5.56 Å². The fraction of sp³-hybridized carbons (Fsp3) is 0. The van der Waals surface area contributed by atoms with Crippen LogP contribution >= 0.6 is 11.3 Å². The third kappa shape index (κ3) is 1.25. The number of hydrogen-bond acceptors (Lipinski definition) is 1. The number of hydrogen-bond donors (Lipinski definition) is 0. The number of halogens is 1. The molecular weight excluding hydrogens is 171 g/mol. The minimum Gasteiger partial charge on any atom is -0.206 e. The van der Waals surface area contributed by atoms with E-state index < -0.39 is 0 Å². The Balaban J connectivity index is 2.55. The first-order chi connectivity index (χ1) is 5.88. The van der Waals surface area contributed by atoms with Gasteiger partial charge in [0, 0.05) is 10.4 Å². The van der Waals surface area contributed by atoms with Gasteiger partial charge in [-0.15, -0.1) is 11.3 Å². The minimum absolute atomic E-state index is 0.184. The Morgan fingerprint density at radius 3 is 2.92 bits per heavy atom. The standard InChI is InChI=1S/C10H6FS/c11-9-5-2-1-4-8(9)10-6-3-7-12-10/h2-7H. The van der Waals surface area contributed by atoms with Crippen molar-refractivity contribution >= 4 is 11.3 Å². The van der Waals surface area contributed by atoms with Crippen LogP contribution in [0.5, 0.6) is 0 Å². The van der Waals surface area contributed by atoms with Crippen molar-refractivity contribution in [2.45, 2.75) is 0 Å². The van der Waals surface area contributed by atoms with E-state index in [4.69, 9.17) is 0 Å².